The van der Waals surface area contributed by atoms with Crippen LogP contribution < -0.4 is 31.9 Å². The molecule has 2 heterocycles. The van der Waals surface area contributed by atoms with Crippen molar-refractivity contribution in [2.75, 3.05) is 27.2 Å². The Morgan fingerprint density at radius 3 is 1.28 bits per heavy atom. The molecule has 350 valence electrons. The maximum Gasteiger partial charge on any atom is 0.246 e. The molecule has 0 saturated carbocycles. The number of benzene rings is 2. The number of hydrogen-bond donors (Lipinski definition) is 6. The third kappa shape index (κ3) is 10.5. The van der Waals surface area contributed by atoms with Crippen molar-refractivity contribution in [3.63, 3.8) is 0 Å². The van der Waals surface area contributed by atoms with E-state index >= 15 is 0 Å². The standard InChI is InChI=1S/C50H74N8O6/c1-29(51-9)43(59)55-41(49(3,4)5)47(63)57-27-15-25-39(57)45(61)53-37-23-13-19-33-31(17-11-21-35(33)37)32-18-12-22-36-34(32)20-14-24-38(36)54-46(62)40-26-16-28-58(40)48(64)42(50(6,7)8)56-44(60)30(2)52-10/h11-12,17-18,21-22,29-30,37-42,51-52H,13-16,19-20,23-28H2,1-10H3,(H,53,61)(H,54,62)(H,55,59)(H,56,60)/t29-,30-,37+,38+,39-,40-,41+,42+/m0/s1. The van der Waals surface area contributed by atoms with E-state index in [-0.39, 0.29) is 47.5 Å². The van der Waals surface area contributed by atoms with E-state index in [9.17, 15) is 28.8 Å². The van der Waals surface area contributed by atoms with Crippen molar-refractivity contribution in [1.29, 1.82) is 0 Å². The molecule has 0 spiro atoms. The number of carbonyl (C=O) groups is 6. The van der Waals surface area contributed by atoms with E-state index in [1.807, 2.05) is 41.5 Å². The molecule has 64 heavy (non-hydrogen) atoms. The van der Waals surface area contributed by atoms with Gasteiger partial charge in [0, 0.05) is 13.1 Å². The quantitative estimate of drug-likeness (QED) is 0.169. The minimum absolute atomic E-state index is 0.169. The summed E-state index contributed by atoms with van der Waals surface area (Å²) >= 11 is 0. The van der Waals surface area contributed by atoms with Gasteiger partial charge >= 0.3 is 0 Å². The number of fused-ring (bicyclic) bond motifs is 2. The molecule has 2 saturated heterocycles. The lowest BCUT2D eigenvalue weighted by Gasteiger charge is -2.37. The van der Waals surface area contributed by atoms with Gasteiger partial charge in [-0.15, -0.1) is 0 Å². The van der Waals surface area contributed by atoms with Gasteiger partial charge in [-0.25, -0.2) is 0 Å². The van der Waals surface area contributed by atoms with Crippen molar-refractivity contribution >= 4 is 35.4 Å². The predicted molar refractivity (Wildman–Crippen MR) is 249 cm³/mol. The smallest absolute Gasteiger partial charge is 0.246 e. The maximum atomic E-state index is 14.2. The van der Waals surface area contributed by atoms with E-state index < -0.39 is 47.1 Å². The van der Waals surface area contributed by atoms with Gasteiger partial charge in [0.1, 0.15) is 24.2 Å². The summed E-state index contributed by atoms with van der Waals surface area (Å²) in [7, 11) is 3.41. The van der Waals surface area contributed by atoms with Gasteiger partial charge in [0.25, 0.3) is 0 Å². The molecule has 6 N–H and O–H groups in total. The van der Waals surface area contributed by atoms with Gasteiger partial charge in [-0.3, -0.25) is 28.8 Å². The van der Waals surface area contributed by atoms with Crippen LogP contribution in [0.4, 0.5) is 0 Å². The Labute approximate surface area is 380 Å². The first-order valence-corrected chi connectivity index (χ1v) is 23.7. The molecule has 2 aromatic carbocycles. The van der Waals surface area contributed by atoms with Crippen LogP contribution in [0.2, 0.25) is 0 Å². The number of likely N-dealkylation sites (N-methyl/N-ethyl adjacent to an activating group) is 2. The van der Waals surface area contributed by atoms with Gasteiger partial charge in [0.15, 0.2) is 0 Å². The highest BCUT2D eigenvalue weighted by atomic mass is 16.2. The highest BCUT2D eigenvalue weighted by Crippen LogP contribution is 2.42. The fraction of sp³-hybridized carbons (Fsp3) is 0.640. The van der Waals surface area contributed by atoms with Crippen LogP contribution in [0.15, 0.2) is 36.4 Å². The van der Waals surface area contributed by atoms with Crippen molar-refractivity contribution in [3.8, 4) is 11.1 Å². The van der Waals surface area contributed by atoms with Crippen LogP contribution in [0.5, 0.6) is 0 Å². The van der Waals surface area contributed by atoms with Crippen molar-refractivity contribution in [3.05, 3.63) is 58.7 Å². The van der Waals surface area contributed by atoms with Crippen LogP contribution in [0.3, 0.4) is 0 Å². The molecule has 6 amide bonds. The van der Waals surface area contributed by atoms with Crippen LogP contribution in [0, 0.1) is 10.8 Å². The molecule has 0 bridgehead atoms. The summed E-state index contributed by atoms with van der Waals surface area (Å²) in [6.07, 6.45) is 7.61. The molecule has 0 aromatic heterocycles. The fourth-order valence-corrected chi connectivity index (χ4v) is 10.1. The van der Waals surface area contributed by atoms with Crippen LogP contribution in [-0.2, 0) is 41.6 Å². The minimum atomic E-state index is -0.785. The Morgan fingerprint density at radius 2 is 0.938 bits per heavy atom. The molecule has 14 heteroatoms. The summed E-state index contributed by atoms with van der Waals surface area (Å²) in [5.41, 5.74) is 5.72. The molecule has 2 fully saturated rings. The second-order valence-electron chi connectivity index (χ2n) is 20.7. The molecular formula is C50H74N8O6. The third-order valence-corrected chi connectivity index (χ3v) is 14.1. The molecule has 0 unspecified atom stereocenters. The Kier molecular flexibility index (Phi) is 15.3. The summed E-state index contributed by atoms with van der Waals surface area (Å²) in [6.45, 7) is 16.0. The predicted octanol–water partition coefficient (Wildman–Crippen LogP) is 4.60. The summed E-state index contributed by atoms with van der Waals surface area (Å²) < 4.78 is 0. The van der Waals surface area contributed by atoms with Gasteiger partial charge in [-0.1, -0.05) is 77.9 Å². The molecule has 2 aliphatic carbocycles. The summed E-state index contributed by atoms with van der Waals surface area (Å²) in [4.78, 5) is 85.8. The zero-order chi connectivity index (χ0) is 46.7. The van der Waals surface area contributed by atoms with Gasteiger partial charge in [0.2, 0.25) is 35.4 Å². The topological polar surface area (TPSA) is 181 Å². The number of amides is 6. The molecule has 2 aliphatic heterocycles. The van der Waals surface area contributed by atoms with Crippen molar-refractivity contribution in [1.82, 2.24) is 41.7 Å². The molecule has 2 aromatic rings. The summed E-state index contributed by atoms with van der Waals surface area (Å²) in [5, 5.41) is 18.5. The van der Waals surface area contributed by atoms with Crippen LogP contribution in [-0.4, -0.2) is 109 Å². The number of nitrogens with zero attached hydrogens (tertiary/aromatic N) is 2. The van der Waals surface area contributed by atoms with Crippen molar-refractivity contribution < 1.29 is 28.8 Å². The SMILES string of the molecule is CN[C@@H](C)C(=O)N[C@H](C(=O)N1CCC[C@H]1C(=O)N[C@@H]1CCCc2c(-c3cccc4c3CCC[C@H]4NC(=O)[C@@H]3CCCN3C(=O)[C@@H](NC(=O)[C@H](C)NC)C(C)(C)C)cccc21)C(C)(C)C. The first-order chi connectivity index (χ1) is 30.3. The van der Waals surface area contributed by atoms with Crippen LogP contribution in [0.25, 0.3) is 11.1 Å². The van der Waals surface area contributed by atoms with Gasteiger partial charge in [-0.05, 0) is 136 Å². The lowest BCUT2D eigenvalue weighted by molar-refractivity contribution is -0.144. The number of nitrogens with one attached hydrogen (secondary N) is 6. The van der Waals surface area contributed by atoms with Gasteiger partial charge in [0.05, 0.1) is 24.2 Å². The average Bonchev–Trinajstić information content (AvgIpc) is 3.97. The number of likely N-dealkylation sites (tertiary alicyclic amines) is 2. The van der Waals surface area contributed by atoms with Crippen LogP contribution >= 0.6 is 0 Å². The minimum Gasteiger partial charge on any atom is -0.347 e. The molecule has 14 nitrogen and oxygen atoms in total. The normalized spacial score (nSPS) is 22.9. The molecular weight excluding hydrogens is 809 g/mol. The summed E-state index contributed by atoms with van der Waals surface area (Å²) in [5.74, 6) is -1.33. The monoisotopic (exact) mass is 883 g/mol. The van der Waals surface area contributed by atoms with E-state index in [0.717, 1.165) is 60.8 Å². The zero-order valence-corrected chi connectivity index (χ0v) is 39.9. The molecule has 8 atom stereocenters. The molecule has 4 aliphatic rings. The highest BCUT2D eigenvalue weighted by Gasteiger charge is 2.45. The second kappa shape index (κ2) is 20.1. The van der Waals surface area contributed by atoms with E-state index in [1.54, 1.807) is 37.7 Å². The lowest BCUT2D eigenvalue weighted by Crippen LogP contribution is -2.59. The van der Waals surface area contributed by atoms with E-state index in [2.05, 4.69) is 68.3 Å². The lowest BCUT2D eigenvalue weighted by atomic mass is 9.78. The number of hydrogen-bond acceptors (Lipinski definition) is 8. The highest BCUT2D eigenvalue weighted by molar-refractivity contribution is 5.95. The summed E-state index contributed by atoms with van der Waals surface area (Å²) in [6, 6.07) is 8.48. The number of rotatable bonds is 13. The zero-order valence-electron chi connectivity index (χ0n) is 39.9. The Bertz CT molecular complexity index is 1930. The third-order valence-electron chi connectivity index (χ3n) is 14.1. The average molecular weight is 883 g/mol. The second-order valence-corrected chi connectivity index (χ2v) is 20.7. The Balaban J connectivity index is 1.19. The molecule has 6 rings (SSSR count). The molecule has 0 radical (unpaired) electrons. The first-order valence-electron chi connectivity index (χ1n) is 23.7. The van der Waals surface area contributed by atoms with Crippen LogP contribution in [0.1, 0.15) is 141 Å². The van der Waals surface area contributed by atoms with E-state index in [0.29, 0.717) is 38.8 Å². The maximum absolute atomic E-state index is 14.2. The Morgan fingerprint density at radius 1 is 0.562 bits per heavy atom. The van der Waals surface area contributed by atoms with Crippen molar-refractivity contribution in [2.45, 2.75) is 168 Å². The van der Waals surface area contributed by atoms with Gasteiger partial charge in [-0.2, -0.15) is 0 Å². The number of carbonyl (C=O) groups excluding carboxylic acids is 6. The first kappa shape index (κ1) is 48.6. The fourth-order valence-electron chi connectivity index (χ4n) is 10.1. The van der Waals surface area contributed by atoms with Crippen molar-refractivity contribution in [2.24, 2.45) is 10.8 Å². The van der Waals surface area contributed by atoms with E-state index in [1.165, 1.54) is 11.1 Å². The van der Waals surface area contributed by atoms with Gasteiger partial charge < -0.3 is 41.7 Å². The largest absolute Gasteiger partial charge is 0.347 e. The van der Waals surface area contributed by atoms with E-state index in [4.69, 9.17) is 0 Å². The Hall–Kier alpha value is -4.82.